The highest BCUT2D eigenvalue weighted by molar-refractivity contribution is 5.96. The van der Waals surface area contributed by atoms with E-state index in [2.05, 4.69) is 5.10 Å². The molecule has 1 aromatic heterocycles. The SMILES string of the molecule is Cn1cc(Oc2ccc(N)cc2C(N)=O)cn1. The minimum Gasteiger partial charge on any atom is -0.453 e. The zero-order valence-corrected chi connectivity index (χ0v) is 9.25. The van der Waals surface area contributed by atoms with Crippen LogP contribution in [0.1, 0.15) is 10.4 Å². The molecule has 0 aliphatic heterocycles. The fraction of sp³-hybridized carbons (Fsp3) is 0.0909. The van der Waals surface area contributed by atoms with Crippen LogP contribution in [0.25, 0.3) is 0 Å². The summed E-state index contributed by atoms with van der Waals surface area (Å²) in [7, 11) is 1.77. The van der Waals surface area contributed by atoms with Crippen LogP contribution in [0.15, 0.2) is 30.6 Å². The van der Waals surface area contributed by atoms with Crippen molar-refractivity contribution < 1.29 is 9.53 Å². The van der Waals surface area contributed by atoms with Gasteiger partial charge in [0, 0.05) is 12.7 Å². The van der Waals surface area contributed by atoms with Gasteiger partial charge in [0.1, 0.15) is 5.75 Å². The van der Waals surface area contributed by atoms with Gasteiger partial charge in [0.05, 0.1) is 18.0 Å². The molecular weight excluding hydrogens is 220 g/mol. The summed E-state index contributed by atoms with van der Waals surface area (Å²) in [6.07, 6.45) is 3.22. The molecule has 0 saturated carbocycles. The number of carbonyl (C=O) groups is 1. The lowest BCUT2D eigenvalue weighted by atomic mass is 10.1. The first-order chi connectivity index (χ1) is 8.06. The Morgan fingerprint density at radius 2 is 2.24 bits per heavy atom. The van der Waals surface area contributed by atoms with Crippen molar-refractivity contribution in [2.24, 2.45) is 12.8 Å². The molecular formula is C11H12N4O2. The summed E-state index contributed by atoms with van der Waals surface area (Å²) in [6.45, 7) is 0. The predicted molar refractivity (Wildman–Crippen MR) is 62.7 cm³/mol. The number of nitrogens with two attached hydrogens (primary N) is 2. The molecule has 88 valence electrons. The molecule has 0 fully saturated rings. The Morgan fingerprint density at radius 1 is 1.47 bits per heavy atom. The number of hydrogen-bond acceptors (Lipinski definition) is 4. The van der Waals surface area contributed by atoms with E-state index in [9.17, 15) is 4.79 Å². The van der Waals surface area contributed by atoms with E-state index in [-0.39, 0.29) is 5.56 Å². The number of benzene rings is 1. The Labute approximate surface area is 97.8 Å². The number of amides is 1. The molecule has 0 saturated heterocycles. The second kappa shape index (κ2) is 4.17. The molecule has 1 amide bonds. The maximum absolute atomic E-state index is 11.2. The monoisotopic (exact) mass is 232 g/mol. The lowest BCUT2D eigenvalue weighted by Gasteiger charge is -2.07. The highest BCUT2D eigenvalue weighted by Crippen LogP contribution is 2.26. The molecule has 0 radical (unpaired) electrons. The number of rotatable bonds is 3. The molecule has 6 nitrogen and oxygen atoms in total. The maximum atomic E-state index is 11.2. The van der Waals surface area contributed by atoms with Gasteiger partial charge in [0.2, 0.25) is 0 Å². The van der Waals surface area contributed by atoms with E-state index in [1.807, 2.05) is 0 Å². The quantitative estimate of drug-likeness (QED) is 0.768. The van der Waals surface area contributed by atoms with Crippen LogP contribution in [0.4, 0.5) is 5.69 Å². The van der Waals surface area contributed by atoms with Crippen LogP contribution >= 0.6 is 0 Å². The first-order valence-corrected chi connectivity index (χ1v) is 4.92. The number of ether oxygens (including phenoxy) is 1. The Balaban J connectivity index is 2.35. The molecule has 0 unspecified atom stereocenters. The number of aromatic nitrogens is 2. The van der Waals surface area contributed by atoms with Crippen molar-refractivity contribution in [2.75, 3.05) is 5.73 Å². The first-order valence-electron chi connectivity index (χ1n) is 4.92. The third kappa shape index (κ3) is 2.36. The van der Waals surface area contributed by atoms with Gasteiger partial charge >= 0.3 is 0 Å². The van der Waals surface area contributed by atoms with Crippen LogP contribution in [-0.2, 0) is 7.05 Å². The number of carbonyl (C=O) groups excluding carboxylic acids is 1. The van der Waals surface area contributed by atoms with E-state index in [1.165, 1.54) is 6.07 Å². The van der Waals surface area contributed by atoms with Gasteiger partial charge in [0.15, 0.2) is 5.75 Å². The summed E-state index contributed by atoms with van der Waals surface area (Å²) < 4.78 is 7.10. The Morgan fingerprint density at radius 3 is 2.82 bits per heavy atom. The van der Waals surface area contributed by atoms with Gasteiger partial charge in [-0.25, -0.2) is 0 Å². The van der Waals surface area contributed by atoms with E-state index < -0.39 is 5.91 Å². The molecule has 6 heteroatoms. The Bertz CT molecular complexity index is 562. The summed E-state index contributed by atoms with van der Waals surface area (Å²) in [5, 5.41) is 3.96. The lowest BCUT2D eigenvalue weighted by Crippen LogP contribution is -2.12. The maximum Gasteiger partial charge on any atom is 0.252 e. The molecule has 0 aliphatic carbocycles. The first kappa shape index (κ1) is 11.0. The van der Waals surface area contributed by atoms with Gasteiger partial charge < -0.3 is 16.2 Å². The molecule has 17 heavy (non-hydrogen) atoms. The van der Waals surface area contributed by atoms with Crippen molar-refractivity contribution in [3.8, 4) is 11.5 Å². The van der Waals surface area contributed by atoms with E-state index in [1.54, 1.807) is 36.3 Å². The topological polar surface area (TPSA) is 96.2 Å². The number of nitrogens with zero attached hydrogens (tertiary/aromatic N) is 2. The second-order valence-corrected chi connectivity index (χ2v) is 3.57. The highest BCUT2D eigenvalue weighted by Gasteiger charge is 2.11. The van der Waals surface area contributed by atoms with Crippen molar-refractivity contribution in [3.63, 3.8) is 0 Å². The van der Waals surface area contributed by atoms with Gasteiger partial charge in [-0.2, -0.15) is 5.10 Å². The van der Waals surface area contributed by atoms with Crippen molar-refractivity contribution in [1.82, 2.24) is 9.78 Å². The summed E-state index contributed by atoms with van der Waals surface area (Å²) in [6, 6.07) is 4.72. The molecule has 4 N–H and O–H groups in total. The number of hydrogen-bond donors (Lipinski definition) is 2. The molecule has 2 aromatic rings. The molecule has 0 spiro atoms. The average molecular weight is 232 g/mol. The van der Waals surface area contributed by atoms with Crippen LogP contribution in [0, 0.1) is 0 Å². The number of nitrogen functional groups attached to an aromatic ring is 1. The fourth-order valence-electron chi connectivity index (χ4n) is 1.41. The number of anilines is 1. The van der Waals surface area contributed by atoms with Gasteiger partial charge in [-0.15, -0.1) is 0 Å². The van der Waals surface area contributed by atoms with Crippen LogP contribution < -0.4 is 16.2 Å². The molecule has 0 aliphatic rings. The fourth-order valence-corrected chi connectivity index (χ4v) is 1.41. The Hall–Kier alpha value is -2.50. The molecule has 2 rings (SSSR count). The average Bonchev–Trinajstić information content (AvgIpc) is 2.66. The standard InChI is InChI=1S/C11H12N4O2/c1-15-6-8(5-14-15)17-10-3-2-7(12)4-9(10)11(13)16/h2-6H,12H2,1H3,(H2,13,16). The largest absolute Gasteiger partial charge is 0.453 e. The predicted octanol–water partition coefficient (Wildman–Crippen LogP) is 0.894. The Kier molecular flexibility index (Phi) is 2.70. The lowest BCUT2D eigenvalue weighted by molar-refractivity contribution is 0.0998. The van der Waals surface area contributed by atoms with Crippen LogP contribution in [0.2, 0.25) is 0 Å². The third-order valence-electron chi connectivity index (χ3n) is 2.18. The van der Waals surface area contributed by atoms with E-state index in [4.69, 9.17) is 16.2 Å². The minimum absolute atomic E-state index is 0.244. The van der Waals surface area contributed by atoms with Crippen molar-refractivity contribution in [2.45, 2.75) is 0 Å². The molecule has 1 aromatic carbocycles. The molecule has 0 atom stereocenters. The second-order valence-electron chi connectivity index (χ2n) is 3.57. The number of primary amides is 1. The van der Waals surface area contributed by atoms with E-state index in [0.29, 0.717) is 17.2 Å². The smallest absolute Gasteiger partial charge is 0.252 e. The summed E-state index contributed by atoms with van der Waals surface area (Å²) in [5.41, 5.74) is 11.5. The van der Waals surface area contributed by atoms with Crippen molar-refractivity contribution >= 4 is 11.6 Å². The summed E-state index contributed by atoms with van der Waals surface area (Å²) in [4.78, 5) is 11.2. The van der Waals surface area contributed by atoms with Crippen molar-refractivity contribution in [1.29, 1.82) is 0 Å². The molecule has 1 heterocycles. The van der Waals surface area contributed by atoms with E-state index >= 15 is 0 Å². The normalized spacial score (nSPS) is 10.2. The van der Waals surface area contributed by atoms with Crippen LogP contribution in [0.3, 0.4) is 0 Å². The zero-order chi connectivity index (χ0) is 12.4. The van der Waals surface area contributed by atoms with Gasteiger partial charge in [0.25, 0.3) is 5.91 Å². The van der Waals surface area contributed by atoms with Gasteiger partial charge in [-0.1, -0.05) is 0 Å². The third-order valence-corrected chi connectivity index (χ3v) is 2.18. The minimum atomic E-state index is -0.587. The van der Waals surface area contributed by atoms with Gasteiger partial charge in [-0.3, -0.25) is 9.48 Å². The van der Waals surface area contributed by atoms with Crippen molar-refractivity contribution in [3.05, 3.63) is 36.2 Å². The zero-order valence-electron chi connectivity index (χ0n) is 9.25. The summed E-state index contributed by atoms with van der Waals surface area (Å²) in [5.74, 6) is 0.302. The number of aryl methyl sites for hydroxylation is 1. The summed E-state index contributed by atoms with van der Waals surface area (Å²) >= 11 is 0. The van der Waals surface area contributed by atoms with Crippen LogP contribution in [-0.4, -0.2) is 15.7 Å². The van der Waals surface area contributed by atoms with E-state index in [0.717, 1.165) is 0 Å². The highest BCUT2D eigenvalue weighted by atomic mass is 16.5. The van der Waals surface area contributed by atoms with Crippen LogP contribution in [0.5, 0.6) is 11.5 Å². The molecule has 0 bridgehead atoms. The van der Waals surface area contributed by atoms with Gasteiger partial charge in [-0.05, 0) is 18.2 Å².